The number of nitrogens with two attached hydrogens (primary N) is 1. The van der Waals surface area contributed by atoms with E-state index in [-0.39, 0.29) is 10.4 Å². The van der Waals surface area contributed by atoms with Gasteiger partial charge in [-0.25, -0.2) is 8.78 Å². The minimum atomic E-state index is -0.698. The summed E-state index contributed by atoms with van der Waals surface area (Å²) in [6.07, 6.45) is 3.77. The molecular weight excluding hydrogens is 232 g/mol. The van der Waals surface area contributed by atoms with Crippen LogP contribution in [-0.2, 0) is 5.41 Å². The maximum absolute atomic E-state index is 13.4. The van der Waals surface area contributed by atoms with Crippen LogP contribution in [0.4, 0.5) is 8.78 Å². The van der Waals surface area contributed by atoms with Crippen molar-refractivity contribution in [2.75, 3.05) is 6.54 Å². The van der Waals surface area contributed by atoms with Crippen molar-refractivity contribution in [2.45, 2.75) is 31.1 Å². The molecule has 0 unspecified atom stereocenters. The summed E-state index contributed by atoms with van der Waals surface area (Å²) in [5.41, 5.74) is 5.97. The fourth-order valence-corrected chi connectivity index (χ4v) is 2.89. The van der Waals surface area contributed by atoms with Gasteiger partial charge in [0, 0.05) is 18.0 Å². The van der Waals surface area contributed by atoms with Gasteiger partial charge >= 0.3 is 0 Å². The van der Waals surface area contributed by atoms with Gasteiger partial charge in [0.25, 0.3) is 0 Å². The van der Waals surface area contributed by atoms with Gasteiger partial charge < -0.3 is 5.73 Å². The average molecular weight is 246 g/mol. The molecule has 0 saturated heterocycles. The van der Waals surface area contributed by atoms with Crippen molar-refractivity contribution in [3.05, 3.63) is 34.4 Å². The van der Waals surface area contributed by atoms with E-state index in [1.165, 1.54) is 6.07 Å². The van der Waals surface area contributed by atoms with E-state index in [0.717, 1.165) is 31.7 Å². The highest BCUT2D eigenvalue weighted by atomic mass is 35.5. The van der Waals surface area contributed by atoms with E-state index in [4.69, 9.17) is 17.3 Å². The van der Waals surface area contributed by atoms with Crippen LogP contribution in [0.25, 0.3) is 0 Å². The van der Waals surface area contributed by atoms with Gasteiger partial charge in [0.1, 0.15) is 11.6 Å². The fourth-order valence-electron chi connectivity index (χ4n) is 2.58. The third-order valence-corrected chi connectivity index (χ3v) is 3.90. The van der Waals surface area contributed by atoms with Crippen LogP contribution in [0, 0.1) is 11.6 Å². The lowest BCUT2D eigenvalue weighted by Gasteiger charge is -2.29. The summed E-state index contributed by atoms with van der Waals surface area (Å²) in [5, 5.41) is 0.0220. The Morgan fingerprint density at radius 1 is 1.25 bits per heavy atom. The molecular formula is C12H14ClF2N. The Hall–Kier alpha value is -0.670. The lowest BCUT2D eigenvalue weighted by Crippen LogP contribution is -2.32. The van der Waals surface area contributed by atoms with E-state index >= 15 is 0 Å². The minimum absolute atomic E-state index is 0.0220. The van der Waals surface area contributed by atoms with Crippen molar-refractivity contribution < 1.29 is 8.78 Å². The van der Waals surface area contributed by atoms with Crippen LogP contribution in [0.15, 0.2) is 12.1 Å². The number of hydrogen-bond donors (Lipinski definition) is 1. The molecule has 2 rings (SSSR count). The standard InChI is InChI=1S/C12H14ClF2N/c13-11-9(5-8(14)6-10(11)15)12(7-16)3-1-2-4-12/h5-6H,1-4,7,16H2. The molecule has 1 aliphatic rings. The highest BCUT2D eigenvalue weighted by molar-refractivity contribution is 6.31. The molecule has 88 valence electrons. The van der Waals surface area contributed by atoms with Crippen LogP contribution >= 0.6 is 11.6 Å². The molecule has 1 aromatic rings. The first-order valence-corrected chi connectivity index (χ1v) is 5.82. The summed E-state index contributed by atoms with van der Waals surface area (Å²) < 4.78 is 26.6. The molecule has 1 aromatic carbocycles. The van der Waals surface area contributed by atoms with Gasteiger partial charge in [-0.2, -0.15) is 0 Å². The number of benzene rings is 1. The molecule has 0 aliphatic heterocycles. The molecule has 2 N–H and O–H groups in total. The molecule has 0 aromatic heterocycles. The summed E-state index contributed by atoms with van der Waals surface area (Å²) in [6, 6.07) is 2.13. The second kappa shape index (κ2) is 4.30. The first-order valence-electron chi connectivity index (χ1n) is 5.44. The van der Waals surface area contributed by atoms with E-state index in [1.807, 2.05) is 0 Å². The van der Waals surface area contributed by atoms with Crippen LogP contribution in [0.5, 0.6) is 0 Å². The first-order chi connectivity index (χ1) is 7.59. The fraction of sp³-hybridized carbons (Fsp3) is 0.500. The Bertz CT molecular complexity index is 400. The van der Waals surface area contributed by atoms with E-state index in [2.05, 4.69) is 0 Å². The lowest BCUT2D eigenvalue weighted by atomic mass is 9.79. The number of hydrogen-bond acceptors (Lipinski definition) is 1. The molecule has 0 heterocycles. The number of rotatable bonds is 2. The predicted molar refractivity (Wildman–Crippen MR) is 60.6 cm³/mol. The van der Waals surface area contributed by atoms with E-state index in [1.54, 1.807) is 0 Å². The second-order valence-electron chi connectivity index (χ2n) is 4.44. The Kier molecular flexibility index (Phi) is 3.17. The summed E-state index contributed by atoms with van der Waals surface area (Å²) in [7, 11) is 0. The van der Waals surface area contributed by atoms with E-state index in [9.17, 15) is 8.78 Å². The van der Waals surface area contributed by atoms with Crippen molar-refractivity contribution in [1.82, 2.24) is 0 Å². The van der Waals surface area contributed by atoms with Crippen molar-refractivity contribution >= 4 is 11.6 Å². The van der Waals surface area contributed by atoms with Crippen molar-refractivity contribution in [2.24, 2.45) is 5.73 Å². The van der Waals surface area contributed by atoms with Gasteiger partial charge in [-0.3, -0.25) is 0 Å². The van der Waals surface area contributed by atoms with Gasteiger partial charge in [0.15, 0.2) is 0 Å². The summed E-state index contributed by atoms with van der Waals surface area (Å²) >= 11 is 5.92. The van der Waals surface area contributed by atoms with E-state index < -0.39 is 11.6 Å². The van der Waals surface area contributed by atoms with Crippen molar-refractivity contribution in [3.63, 3.8) is 0 Å². The number of halogens is 3. The normalized spacial score (nSPS) is 19.0. The monoisotopic (exact) mass is 245 g/mol. The zero-order valence-electron chi connectivity index (χ0n) is 8.90. The van der Waals surface area contributed by atoms with Gasteiger partial charge in [-0.05, 0) is 24.5 Å². The van der Waals surface area contributed by atoms with Crippen molar-refractivity contribution in [3.8, 4) is 0 Å². The Labute approximate surface area is 98.6 Å². The summed E-state index contributed by atoms with van der Waals surface area (Å²) in [6.45, 7) is 0.385. The highest BCUT2D eigenvalue weighted by Gasteiger charge is 2.36. The van der Waals surface area contributed by atoms with Crippen molar-refractivity contribution in [1.29, 1.82) is 0 Å². The Morgan fingerprint density at radius 2 is 1.88 bits per heavy atom. The zero-order valence-corrected chi connectivity index (χ0v) is 9.66. The Balaban J connectivity index is 2.53. The smallest absolute Gasteiger partial charge is 0.145 e. The molecule has 4 heteroatoms. The predicted octanol–water partition coefficient (Wildman–Crippen LogP) is 3.39. The van der Waals surface area contributed by atoms with Crippen LogP contribution in [0.2, 0.25) is 5.02 Å². The molecule has 0 radical (unpaired) electrons. The maximum atomic E-state index is 13.4. The zero-order chi connectivity index (χ0) is 11.8. The first kappa shape index (κ1) is 11.8. The molecule has 0 amide bonds. The molecule has 16 heavy (non-hydrogen) atoms. The van der Waals surface area contributed by atoms with Crippen LogP contribution in [-0.4, -0.2) is 6.54 Å². The van der Waals surface area contributed by atoms with Gasteiger partial charge in [0.2, 0.25) is 0 Å². The average Bonchev–Trinajstić information content (AvgIpc) is 2.73. The quantitative estimate of drug-likeness (QED) is 0.795. The largest absolute Gasteiger partial charge is 0.330 e. The van der Waals surface area contributed by atoms with Gasteiger partial charge in [-0.1, -0.05) is 24.4 Å². The maximum Gasteiger partial charge on any atom is 0.145 e. The molecule has 1 aliphatic carbocycles. The van der Waals surface area contributed by atoms with Gasteiger partial charge in [0.05, 0.1) is 5.02 Å². The van der Waals surface area contributed by atoms with Crippen LogP contribution in [0.3, 0.4) is 0 Å². The van der Waals surface area contributed by atoms with E-state index in [0.29, 0.717) is 12.1 Å². The molecule has 1 nitrogen and oxygen atoms in total. The molecule has 1 fully saturated rings. The lowest BCUT2D eigenvalue weighted by molar-refractivity contribution is 0.445. The molecule has 0 bridgehead atoms. The van der Waals surface area contributed by atoms with Crippen LogP contribution < -0.4 is 5.73 Å². The summed E-state index contributed by atoms with van der Waals surface area (Å²) in [4.78, 5) is 0. The van der Waals surface area contributed by atoms with Gasteiger partial charge in [-0.15, -0.1) is 0 Å². The topological polar surface area (TPSA) is 26.0 Å². The second-order valence-corrected chi connectivity index (χ2v) is 4.82. The van der Waals surface area contributed by atoms with Crippen LogP contribution in [0.1, 0.15) is 31.2 Å². The molecule has 1 saturated carbocycles. The SMILES string of the molecule is NCC1(c2cc(F)cc(F)c2Cl)CCCC1. The highest BCUT2D eigenvalue weighted by Crippen LogP contribution is 2.43. The molecule has 0 atom stereocenters. The molecule has 0 spiro atoms. The third-order valence-electron chi connectivity index (χ3n) is 3.52. The third kappa shape index (κ3) is 1.82. The summed E-state index contributed by atoms with van der Waals surface area (Å²) in [5.74, 6) is -1.28. The minimum Gasteiger partial charge on any atom is -0.330 e. The Morgan fingerprint density at radius 3 is 2.44 bits per heavy atom.